The largest absolute Gasteiger partial charge is 0.496 e. The van der Waals surface area contributed by atoms with Crippen LogP contribution in [0.25, 0.3) is 0 Å². The first-order valence-corrected chi connectivity index (χ1v) is 7.99. The molecule has 1 rings (SSSR count). The average molecular weight is 277 g/mol. The third-order valence-corrected chi connectivity index (χ3v) is 3.96. The van der Waals surface area contributed by atoms with Crippen LogP contribution in [-0.2, 0) is 6.42 Å². The van der Waals surface area contributed by atoms with Crippen LogP contribution < -0.4 is 10.1 Å². The van der Waals surface area contributed by atoms with E-state index in [4.69, 9.17) is 4.74 Å². The van der Waals surface area contributed by atoms with Gasteiger partial charge in [0.1, 0.15) is 5.75 Å². The molecular weight excluding hydrogens is 246 g/mol. The van der Waals surface area contributed by atoms with Crippen molar-refractivity contribution in [3.05, 3.63) is 29.3 Å². The number of methoxy groups -OCH3 is 1. The van der Waals surface area contributed by atoms with Gasteiger partial charge >= 0.3 is 0 Å². The number of hydrogen-bond donors (Lipinski definition) is 1. The Morgan fingerprint density at radius 1 is 1.20 bits per heavy atom. The van der Waals surface area contributed by atoms with Crippen LogP contribution in [0, 0.1) is 12.8 Å². The van der Waals surface area contributed by atoms with Gasteiger partial charge in [0.25, 0.3) is 0 Å². The minimum Gasteiger partial charge on any atom is -0.496 e. The minimum absolute atomic E-state index is 0.533. The molecule has 0 spiro atoms. The van der Waals surface area contributed by atoms with Crippen LogP contribution in [0.4, 0.5) is 0 Å². The maximum Gasteiger partial charge on any atom is 0.122 e. The maximum atomic E-state index is 5.52. The molecule has 0 aliphatic carbocycles. The highest BCUT2D eigenvalue weighted by atomic mass is 16.5. The lowest BCUT2D eigenvalue weighted by molar-refractivity contribution is 0.345. The summed E-state index contributed by atoms with van der Waals surface area (Å²) in [4.78, 5) is 0. The molecule has 0 aliphatic heterocycles. The molecule has 2 atom stereocenters. The molecule has 1 aromatic carbocycles. The molecule has 0 bridgehead atoms. The Labute approximate surface area is 124 Å². The van der Waals surface area contributed by atoms with Gasteiger partial charge in [0.2, 0.25) is 0 Å². The van der Waals surface area contributed by atoms with Crippen molar-refractivity contribution in [3.63, 3.8) is 0 Å². The second-order valence-corrected chi connectivity index (χ2v) is 5.85. The quantitative estimate of drug-likeness (QED) is 0.724. The zero-order chi connectivity index (χ0) is 15.0. The summed E-state index contributed by atoms with van der Waals surface area (Å²) < 4.78 is 5.52. The lowest BCUT2D eigenvalue weighted by Gasteiger charge is -2.26. The van der Waals surface area contributed by atoms with Gasteiger partial charge in [-0.15, -0.1) is 0 Å². The molecular formula is C18H31NO. The summed E-state index contributed by atoms with van der Waals surface area (Å²) in [5, 5.41) is 3.72. The highest BCUT2D eigenvalue weighted by Crippen LogP contribution is 2.24. The molecule has 1 aromatic rings. The fourth-order valence-corrected chi connectivity index (χ4v) is 2.76. The van der Waals surface area contributed by atoms with Crippen LogP contribution in [0.2, 0.25) is 0 Å². The lowest BCUT2D eigenvalue weighted by atomic mass is 9.90. The molecule has 0 fully saturated rings. The Hall–Kier alpha value is -1.02. The van der Waals surface area contributed by atoms with Crippen molar-refractivity contribution in [1.29, 1.82) is 0 Å². The first-order valence-electron chi connectivity index (χ1n) is 7.99. The second kappa shape index (κ2) is 9.02. The molecule has 2 heteroatoms. The monoisotopic (exact) mass is 277 g/mol. The highest BCUT2D eigenvalue weighted by molar-refractivity contribution is 5.37. The lowest BCUT2D eigenvalue weighted by Crippen LogP contribution is -2.37. The van der Waals surface area contributed by atoms with Crippen LogP contribution in [0.1, 0.15) is 51.2 Å². The first kappa shape index (κ1) is 17.0. The van der Waals surface area contributed by atoms with Gasteiger partial charge < -0.3 is 10.1 Å². The van der Waals surface area contributed by atoms with Crippen molar-refractivity contribution in [2.45, 2.75) is 59.4 Å². The van der Waals surface area contributed by atoms with Gasteiger partial charge in [-0.25, -0.2) is 0 Å². The van der Waals surface area contributed by atoms with Crippen LogP contribution in [-0.4, -0.2) is 19.7 Å². The SMILES string of the molecule is CCCNC(Cc1cc(C)ccc1OC)C(C)CCC. The standard InChI is InChI=1S/C18H31NO/c1-6-8-15(4)17(19-11-7-2)13-16-12-14(3)9-10-18(16)20-5/h9-10,12,15,17,19H,6-8,11,13H2,1-5H3. The summed E-state index contributed by atoms with van der Waals surface area (Å²) in [5.41, 5.74) is 2.63. The highest BCUT2D eigenvalue weighted by Gasteiger charge is 2.18. The van der Waals surface area contributed by atoms with E-state index in [0.717, 1.165) is 18.7 Å². The number of nitrogens with one attached hydrogen (secondary N) is 1. The van der Waals surface area contributed by atoms with Crippen LogP contribution in [0.5, 0.6) is 5.75 Å². The molecule has 0 saturated carbocycles. The molecule has 0 aromatic heterocycles. The van der Waals surface area contributed by atoms with E-state index in [1.807, 2.05) is 0 Å². The van der Waals surface area contributed by atoms with E-state index in [2.05, 4.69) is 51.2 Å². The van der Waals surface area contributed by atoms with Gasteiger partial charge in [0.05, 0.1) is 7.11 Å². The van der Waals surface area contributed by atoms with Gasteiger partial charge in [-0.1, -0.05) is 44.9 Å². The summed E-state index contributed by atoms with van der Waals surface area (Å²) in [6, 6.07) is 7.00. The molecule has 0 radical (unpaired) electrons. The predicted molar refractivity (Wildman–Crippen MR) is 87.6 cm³/mol. The van der Waals surface area contributed by atoms with Crippen molar-refractivity contribution in [3.8, 4) is 5.75 Å². The zero-order valence-electron chi connectivity index (χ0n) is 13.8. The van der Waals surface area contributed by atoms with E-state index < -0.39 is 0 Å². The molecule has 0 amide bonds. The smallest absolute Gasteiger partial charge is 0.122 e. The van der Waals surface area contributed by atoms with E-state index in [9.17, 15) is 0 Å². The molecule has 0 aliphatic rings. The van der Waals surface area contributed by atoms with E-state index in [1.54, 1.807) is 7.11 Å². The van der Waals surface area contributed by atoms with Crippen molar-refractivity contribution >= 4 is 0 Å². The Bertz CT molecular complexity index is 389. The van der Waals surface area contributed by atoms with Gasteiger partial charge in [-0.2, -0.15) is 0 Å². The van der Waals surface area contributed by atoms with Crippen molar-refractivity contribution in [2.75, 3.05) is 13.7 Å². The van der Waals surface area contributed by atoms with Gasteiger partial charge in [-0.05, 0) is 50.3 Å². The Kier molecular flexibility index (Phi) is 7.68. The fraction of sp³-hybridized carbons (Fsp3) is 0.667. The Morgan fingerprint density at radius 3 is 2.55 bits per heavy atom. The molecule has 2 nitrogen and oxygen atoms in total. The number of benzene rings is 1. The van der Waals surface area contributed by atoms with Crippen molar-refractivity contribution in [2.24, 2.45) is 5.92 Å². The summed E-state index contributed by atoms with van der Waals surface area (Å²) in [6.07, 6.45) is 4.75. The van der Waals surface area contributed by atoms with Crippen molar-refractivity contribution < 1.29 is 4.74 Å². The van der Waals surface area contributed by atoms with Crippen LogP contribution in [0.3, 0.4) is 0 Å². The molecule has 1 N–H and O–H groups in total. The van der Waals surface area contributed by atoms with Gasteiger partial charge in [0, 0.05) is 6.04 Å². The zero-order valence-corrected chi connectivity index (χ0v) is 13.8. The Balaban J connectivity index is 2.84. The summed E-state index contributed by atoms with van der Waals surface area (Å²) >= 11 is 0. The van der Waals surface area contributed by atoms with Crippen LogP contribution >= 0.6 is 0 Å². The first-order chi connectivity index (χ1) is 9.62. The summed E-state index contributed by atoms with van der Waals surface area (Å²) in [6.45, 7) is 10.1. The molecule has 0 saturated heterocycles. The molecule has 0 heterocycles. The number of ether oxygens (including phenoxy) is 1. The maximum absolute atomic E-state index is 5.52. The third-order valence-electron chi connectivity index (χ3n) is 3.96. The number of hydrogen-bond acceptors (Lipinski definition) is 2. The van der Waals surface area contributed by atoms with Crippen LogP contribution in [0.15, 0.2) is 18.2 Å². The molecule has 114 valence electrons. The number of rotatable bonds is 9. The average Bonchev–Trinajstić information content (AvgIpc) is 2.43. The molecule has 2 unspecified atom stereocenters. The topological polar surface area (TPSA) is 21.3 Å². The molecule has 20 heavy (non-hydrogen) atoms. The van der Waals surface area contributed by atoms with E-state index in [1.165, 1.54) is 30.4 Å². The number of aryl methyl sites for hydroxylation is 1. The summed E-state index contributed by atoms with van der Waals surface area (Å²) in [7, 11) is 1.76. The van der Waals surface area contributed by atoms with E-state index >= 15 is 0 Å². The van der Waals surface area contributed by atoms with E-state index in [0.29, 0.717) is 12.0 Å². The van der Waals surface area contributed by atoms with E-state index in [-0.39, 0.29) is 0 Å². The minimum atomic E-state index is 0.533. The Morgan fingerprint density at radius 2 is 1.95 bits per heavy atom. The normalized spacial score (nSPS) is 14.1. The second-order valence-electron chi connectivity index (χ2n) is 5.85. The van der Waals surface area contributed by atoms with Crippen molar-refractivity contribution in [1.82, 2.24) is 5.32 Å². The predicted octanol–water partition coefficient (Wildman–Crippen LogP) is 4.35. The van der Waals surface area contributed by atoms with Gasteiger partial charge in [-0.3, -0.25) is 0 Å². The summed E-state index contributed by atoms with van der Waals surface area (Å²) in [5.74, 6) is 1.71. The fourth-order valence-electron chi connectivity index (χ4n) is 2.76. The van der Waals surface area contributed by atoms with Gasteiger partial charge in [0.15, 0.2) is 0 Å². The third kappa shape index (κ3) is 5.16.